The summed E-state index contributed by atoms with van der Waals surface area (Å²) in [6, 6.07) is 24.7. The molecule has 1 N–H and O–H groups in total. The van der Waals surface area contributed by atoms with E-state index < -0.39 is 0 Å². The number of aryl methyl sites for hydroxylation is 1. The summed E-state index contributed by atoms with van der Waals surface area (Å²) in [5.74, 6) is 0.966. The molecule has 1 fully saturated rings. The van der Waals surface area contributed by atoms with E-state index in [9.17, 15) is 4.79 Å². The molecular formula is C29H29N3O3. The highest BCUT2D eigenvalue weighted by atomic mass is 16.5. The van der Waals surface area contributed by atoms with Gasteiger partial charge in [0.2, 0.25) is 5.82 Å². The van der Waals surface area contributed by atoms with Gasteiger partial charge in [-0.1, -0.05) is 47.6 Å². The van der Waals surface area contributed by atoms with Crippen molar-refractivity contribution in [1.29, 1.82) is 0 Å². The van der Waals surface area contributed by atoms with Crippen LogP contribution in [0, 0.1) is 12.8 Å². The number of benzene rings is 3. The van der Waals surface area contributed by atoms with E-state index in [1.54, 1.807) is 0 Å². The fourth-order valence-electron chi connectivity index (χ4n) is 4.69. The Hall–Kier alpha value is -3.93. The van der Waals surface area contributed by atoms with Crippen molar-refractivity contribution in [3.63, 3.8) is 0 Å². The van der Waals surface area contributed by atoms with Crippen LogP contribution in [0.5, 0.6) is 0 Å². The maximum atomic E-state index is 12.0. The number of nitrogens with one attached hydrogen (secondary N) is 1. The average Bonchev–Trinajstić information content (AvgIpc) is 3.57. The van der Waals surface area contributed by atoms with Crippen LogP contribution in [0.3, 0.4) is 0 Å². The first-order chi connectivity index (χ1) is 17.1. The first-order valence-electron chi connectivity index (χ1n) is 12.1. The molecule has 0 bridgehead atoms. The van der Waals surface area contributed by atoms with E-state index in [1.807, 2.05) is 43.3 Å². The predicted molar refractivity (Wildman–Crippen MR) is 137 cm³/mol. The van der Waals surface area contributed by atoms with Crippen LogP contribution in [-0.2, 0) is 9.53 Å². The summed E-state index contributed by atoms with van der Waals surface area (Å²) in [6.07, 6.45) is 2.63. The smallest absolute Gasteiger partial charge is 0.308 e. The summed E-state index contributed by atoms with van der Waals surface area (Å²) < 4.78 is 10.8. The summed E-state index contributed by atoms with van der Waals surface area (Å²) in [5.41, 5.74) is 6.19. The van der Waals surface area contributed by atoms with Gasteiger partial charge in [0.15, 0.2) is 0 Å². The molecule has 6 nitrogen and oxygen atoms in total. The van der Waals surface area contributed by atoms with E-state index in [0.717, 1.165) is 52.8 Å². The van der Waals surface area contributed by atoms with E-state index in [4.69, 9.17) is 9.26 Å². The van der Waals surface area contributed by atoms with Crippen LogP contribution in [0.15, 0.2) is 77.3 Å². The zero-order valence-electron chi connectivity index (χ0n) is 20.0. The van der Waals surface area contributed by atoms with E-state index in [2.05, 4.69) is 58.8 Å². The number of aromatic nitrogens is 2. The molecule has 2 unspecified atom stereocenters. The Labute approximate surface area is 205 Å². The van der Waals surface area contributed by atoms with Gasteiger partial charge >= 0.3 is 5.97 Å². The first-order valence-corrected chi connectivity index (χ1v) is 12.1. The maximum Gasteiger partial charge on any atom is 0.308 e. The number of nitrogens with zero attached hydrogens (tertiary/aromatic N) is 2. The molecule has 178 valence electrons. The van der Waals surface area contributed by atoms with Gasteiger partial charge in [-0.05, 0) is 80.1 Å². The van der Waals surface area contributed by atoms with Crippen LogP contribution >= 0.6 is 0 Å². The quantitative estimate of drug-likeness (QED) is 0.312. The first kappa shape index (κ1) is 22.8. The molecular weight excluding hydrogens is 438 g/mol. The minimum atomic E-state index is -0.0777. The summed E-state index contributed by atoms with van der Waals surface area (Å²) in [5, 5.41) is 7.82. The minimum absolute atomic E-state index is 0.00910. The Kier molecular flexibility index (Phi) is 6.62. The predicted octanol–water partition coefficient (Wildman–Crippen LogP) is 6.52. The lowest BCUT2D eigenvalue weighted by Crippen LogP contribution is -2.20. The molecule has 1 saturated carbocycles. The van der Waals surface area contributed by atoms with Gasteiger partial charge < -0.3 is 14.6 Å². The number of rotatable bonds is 7. The molecule has 0 spiro atoms. The number of carbonyl (C=O) groups is 1. The topological polar surface area (TPSA) is 77.2 Å². The van der Waals surface area contributed by atoms with E-state index >= 15 is 0 Å². The third-order valence-electron chi connectivity index (χ3n) is 6.54. The zero-order chi connectivity index (χ0) is 24.2. The zero-order valence-corrected chi connectivity index (χ0v) is 20.0. The molecule has 5 rings (SSSR count). The fourth-order valence-corrected chi connectivity index (χ4v) is 4.69. The number of hydrogen-bond acceptors (Lipinski definition) is 6. The van der Waals surface area contributed by atoms with Crippen molar-refractivity contribution in [2.45, 2.75) is 39.2 Å². The summed E-state index contributed by atoms with van der Waals surface area (Å²) in [7, 11) is 0. The minimum Gasteiger partial charge on any atom is -0.466 e. The molecule has 1 aliphatic rings. The highest BCUT2D eigenvalue weighted by Gasteiger charge is 2.31. The van der Waals surface area contributed by atoms with Crippen molar-refractivity contribution in [3.8, 4) is 34.0 Å². The third-order valence-corrected chi connectivity index (χ3v) is 6.54. The molecule has 35 heavy (non-hydrogen) atoms. The number of esters is 1. The standard InChI is InChI=1S/C29H29N3O3/c1-3-34-29(33)24-12-14-25(18-24)30-26-15-13-22(16-19(26)2)27-31-28(35-32-27)23-11-7-10-21(17-23)20-8-5-4-6-9-20/h4-11,13,15-17,24-25,30H,3,12,14,18H2,1-2H3. The van der Waals surface area contributed by atoms with E-state index in [-0.39, 0.29) is 17.9 Å². The molecule has 6 heteroatoms. The Morgan fingerprint density at radius 1 is 0.971 bits per heavy atom. The molecule has 0 radical (unpaired) electrons. The van der Waals surface area contributed by atoms with Crippen molar-refractivity contribution in [2.75, 3.05) is 11.9 Å². The molecule has 0 aliphatic heterocycles. The van der Waals surface area contributed by atoms with Gasteiger partial charge in [0.1, 0.15) is 0 Å². The monoisotopic (exact) mass is 467 g/mol. The largest absolute Gasteiger partial charge is 0.466 e. The number of hydrogen-bond donors (Lipinski definition) is 1. The second-order valence-corrected chi connectivity index (χ2v) is 9.00. The Morgan fingerprint density at radius 2 is 1.77 bits per heavy atom. The van der Waals surface area contributed by atoms with Crippen molar-refractivity contribution in [3.05, 3.63) is 78.4 Å². The van der Waals surface area contributed by atoms with Crippen LogP contribution in [-0.4, -0.2) is 28.8 Å². The lowest BCUT2D eigenvalue weighted by Gasteiger charge is -2.17. The summed E-state index contributed by atoms with van der Waals surface area (Å²) in [6.45, 7) is 4.35. The molecule has 0 amide bonds. The normalized spacial score (nSPS) is 17.3. The second-order valence-electron chi connectivity index (χ2n) is 9.00. The van der Waals surface area contributed by atoms with Gasteiger partial charge in [0.25, 0.3) is 5.89 Å². The SMILES string of the molecule is CCOC(=O)C1CCC(Nc2ccc(-c3noc(-c4cccc(-c5ccccc5)c4)n3)cc2C)C1. The highest BCUT2D eigenvalue weighted by molar-refractivity contribution is 5.73. The average molecular weight is 468 g/mol. The van der Waals surface area contributed by atoms with Gasteiger partial charge in [0, 0.05) is 22.9 Å². The second kappa shape index (κ2) is 10.1. The molecule has 1 aromatic heterocycles. The van der Waals surface area contributed by atoms with Gasteiger partial charge in [-0.25, -0.2) is 0 Å². The Morgan fingerprint density at radius 3 is 2.57 bits per heavy atom. The van der Waals surface area contributed by atoms with Crippen LogP contribution in [0.25, 0.3) is 34.0 Å². The van der Waals surface area contributed by atoms with Crippen LogP contribution in [0.2, 0.25) is 0 Å². The molecule has 1 heterocycles. The molecule has 4 aromatic rings. The Bertz CT molecular complexity index is 1320. The van der Waals surface area contributed by atoms with Crippen molar-refractivity contribution >= 4 is 11.7 Å². The molecule has 2 atom stereocenters. The fraction of sp³-hybridized carbons (Fsp3) is 0.276. The van der Waals surface area contributed by atoms with E-state index in [1.165, 1.54) is 0 Å². The van der Waals surface area contributed by atoms with Gasteiger partial charge in [0.05, 0.1) is 12.5 Å². The van der Waals surface area contributed by atoms with Crippen LogP contribution in [0.4, 0.5) is 5.69 Å². The number of anilines is 1. The molecule has 0 saturated heterocycles. The number of ether oxygens (including phenoxy) is 1. The van der Waals surface area contributed by atoms with Crippen LogP contribution < -0.4 is 5.32 Å². The molecule has 3 aromatic carbocycles. The molecule has 1 aliphatic carbocycles. The highest BCUT2D eigenvalue weighted by Crippen LogP contribution is 2.32. The summed E-state index contributed by atoms with van der Waals surface area (Å²) in [4.78, 5) is 16.7. The number of carbonyl (C=O) groups excluding carboxylic acids is 1. The maximum absolute atomic E-state index is 12.0. The van der Waals surface area contributed by atoms with E-state index in [0.29, 0.717) is 18.3 Å². The van der Waals surface area contributed by atoms with Gasteiger partial charge in [-0.3, -0.25) is 4.79 Å². The lowest BCUT2D eigenvalue weighted by molar-refractivity contribution is -0.147. The van der Waals surface area contributed by atoms with Gasteiger partial charge in [-0.15, -0.1) is 0 Å². The van der Waals surface area contributed by atoms with Crippen molar-refractivity contribution < 1.29 is 14.1 Å². The van der Waals surface area contributed by atoms with Crippen LogP contribution in [0.1, 0.15) is 31.7 Å². The van der Waals surface area contributed by atoms with Gasteiger partial charge in [-0.2, -0.15) is 4.98 Å². The summed E-state index contributed by atoms with van der Waals surface area (Å²) >= 11 is 0. The van der Waals surface area contributed by atoms with Crippen molar-refractivity contribution in [1.82, 2.24) is 10.1 Å². The third kappa shape index (κ3) is 5.11. The lowest BCUT2D eigenvalue weighted by atomic mass is 10.0. The van der Waals surface area contributed by atoms with Crippen molar-refractivity contribution in [2.24, 2.45) is 5.92 Å². The Balaban J connectivity index is 1.29.